The number of hydrogen-bond acceptors (Lipinski definition) is 1. The molecule has 0 aromatic heterocycles. The first-order valence-electron chi connectivity index (χ1n) is 5.96. The van der Waals surface area contributed by atoms with Crippen molar-refractivity contribution >= 4 is 11.6 Å². The molecule has 0 amide bonds. The Bertz CT molecular complexity index is 533. The van der Waals surface area contributed by atoms with Gasteiger partial charge in [-0.1, -0.05) is 29.8 Å². The van der Waals surface area contributed by atoms with E-state index in [2.05, 4.69) is 5.32 Å². The van der Waals surface area contributed by atoms with Crippen molar-refractivity contribution in [2.45, 2.75) is 20.0 Å². The Hall–Kier alpha value is -1.45. The SMILES string of the molecule is Cc1ccc(CNCc2ccc(F)c(Cl)c2)cc1F. The zero-order valence-corrected chi connectivity index (χ0v) is 11.3. The molecule has 1 N–H and O–H groups in total. The highest BCUT2D eigenvalue weighted by atomic mass is 35.5. The van der Waals surface area contributed by atoms with Gasteiger partial charge in [-0.05, 0) is 41.8 Å². The van der Waals surface area contributed by atoms with Crippen LogP contribution in [0.2, 0.25) is 5.02 Å². The lowest BCUT2D eigenvalue weighted by Gasteiger charge is -2.07. The van der Waals surface area contributed by atoms with Crippen molar-refractivity contribution in [2.75, 3.05) is 0 Å². The lowest BCUT2D eigenvalue weighted by Crippen LogP contribution is -2.13. The summed E-state index contributed by atoms with van der Waals surface area (Å²) in [5.41, 5.74) is 2.39. The van der Waals surface area contributed by atoms with Crippen LogP contribution >= 0.6 is 11.6 Å². The highest BCUT2D eigenvalue weighted by Crippen LogP contribution is 2.16. The van der Waals surface area contributed by atoms with E-state index in [1.807, 2.05) is 6.07 Å². The number of rotatable bonds is 4. The van der Waals surface area contributed by atoms with Crippen LogP contribution < -0.4 is 5.32 Å². The predicted molar refractivity (Wildman–Crippen MR) is 73.1 cm³/mol. The summed E-state index contributed by atoms with van der Waals surface area (Å²) in [5.74, 6) is -0.629. The van der Waals surface area contributed by atoms with Crippen LogP contribution in [0, 0.1) is 18.6 Å². The molecule has 100 valence electrons. The Morgan fingerprint density at radius 1 is 0.947 bits per heavy atom. The number of halogens is 3. The lowest BCUT2D eigenvalue weighted by molar-refractivity contribution is 0.610. The van der Waals surface area contributed by atoms with Crippen LogP contribution in [0.3, 0.4) is 0 Å². The van der Waals surface area contributed by atoms with Crippen molar-refractivity contribution in [3.05, 3.63) is 69.7 Å². The van der Waals surface area contributed by atoms with Gasteiger partial charge in [-0.2, -0.15) is 0 Å². The monoisotopic (exact) mass is 281 g/mol. The van der Waals surface area contributed by atoms with Crippen molar-refractivity contribution in [2.24, 2.45) is 0 Å². The molecule has 2 rings (SSSR count). The minimum atomic E-state index is -0.425. The van der Waals surface area contributed by atoms with Gasteiger partial charge in [0.25, 0.3) is 0 Å². The summed E-state index contributed by atoms with van der Waals surface area (Å²) >= 11 is 5.70. The van der Waals surface area contributed by atoms with Crippen LogP contribution in [0.25, 0.3) is 0 Å². The molecule has 0 atom stereocenters. The maximum atomic E-state index is 13.3. The summed E-state index contributed by atoms with van der Waals surface area (Å²) in [4.78, 5) is 0. The van der Waals surface area contributed by atoms with Gasteiger partial charge in [-0.15, -0.1) is 0 Å². The Kier molecular flexibility index (Phi) is 4.51. The second-order valence-electron chi connectivity index (χ2n) is 4.44. The number of nitrogens with one attached hydrogen (secondary N) is 1. The molecule has 0 aliphatic heterocycles. The van der Waals surface area contributed by atoms with E-state index in [-0.39, 0.29) is 10.8 Å². The quantitative estimate of drug-likeness (QED) is 0.885. The van der Waals surface area contributed by atoms with Gasteiger partial charge in [0.05, 0.1) is 5.02 Å². The van der Waals surface area contributed by atoms with E-state index in [0.717, 1.165) is 11.1 Å². The van der Waals surface area contributed by atoms with E-state index in [0.29, 0.717) is 18.7 Å². The Morgan fingerprint density at radius 3 is 2.21 bits per heavy atom. The molecule has 0 saturated carbocycles. The molecule has 0 heterocycles. The molecule has 0 unspecified atom stereocenters. The fourth-order valence-electron chi connectivity index (χ4n) is 1.75. The molecule has 0 aliphatic rings. The molecule has 2 aromatic carbocycles. The summed E-state index contributed by atoms with van der Waals surface area (Å²) < 4.78 is 26.3. The Balaban J connectivity index is 1.92. The molecule has 0 spiro atoms. The fourth-order valence-corrected chi connectivity index (χ4v) is 1.95. The molecule has 19 heavy (non-hydrogen) atoms. The highest BCUT2D eigenvalue weighted by molar-refractivity contribution is 6.30. The van der Waals surface area contributed by atoms with Crippen molar-refractivity contribution in [1.82, 2.24) is 5.32 Å². The Morgan fingerprint density at radius 2 is 1.58 bits per heavy atom. The van der Waals surface area contributed by atoms with E-state index in [9.17, 15) is 8.78 Å². The molecule has 4 heteroatoms. The summed E-state index contributed by atoms with van der Waals surface area (Å²) in [6.07, 6.45) is 0. The minimum Gasteiger partial charge on any atom is -0.309 e. The smallest absolute Gasteiger partial charge is 0.141 e. The van der Waals surface area contributed by atoms with Gasteiger partial charge in [0.15, 0.2) is 0 Å². The van der Waals surface area contributed by atoms with Crippen LogP contribution in [-0.2, 0) is 13.1 Å². The van der Waals surface area contributed by atoms with Gasteiger partial charge < -0.3 is 5.32 Å². The minimum absolute atomic E-state index is 0.112. The van der Waals surface area contributed by atoms with Crippen LogP contribution in [-0.4, -0.2) is 0 Å². The molecule has 0 saturated heterocycles. The maximum absolute atomic E-state index is 13.3. The third-order valence-electron chi connectivity index (χ3n) is 2.88. The first-order valence-corrected chi connectivity index (χ1v) is 6.34. The molecule has 0 aliphatic carbocycles. The van der Waals surface area contributed by atoms with Gasteiger partial charge in [-0.3, -0.25) is 0 Å². The standard InChI is InChI=1S/C15H14ClF2N/c1-10-2-3-12(7-15(10)18)9-19-8-11-4-5-14(17)13(16)6-11/h2-7,19H,8-9H2,1H3. The van der Waals surface area contributed by atoms with Crippen molar-refractivity contribution < 1.29 is 8.78 Å². The molecule has 1 nitrogen and oxygen atoms in total. The second-order valence-corrected chi connectivity index (χ2v) is 4.84. The zero-order chi connectivity index (χ0) is 13.8. The molecule has 0 radical (unpaired) electrons. The summed E-state index contributed by atoms with van der Waals surface area (Å²) in [6.45, 7) is 2.83. The third-order valence-corrected chi connectivity index (χ3v) is 3.17. The lowest BCUT2D eigenvalue weighted by atomic mass is 10.1. The van der Waals surface area contributed by atoms with Crippen LogP contribution in [0.1, 0.15) is 16.7 Å². The molecular formula is C15H14ClF2N. The molecule has 0 bridgehead atoms. The van der Waals surface area contributed by atoms with E-state index in [4.69, 9.17) is 11.6 Å². The van der Waals surface area contributed by atoms with E-state index in [1.54, 1.807) is 25.1 Å². The fraction of sp³-hybridized carbons (Fsp3) is 0.200. The van der Waals surface area contributed by atoms with E-state index < -0.39 is 5.82 Å². The molecule has 2 aromatic rings. The van der Waals surface area contributed by atoms with Crippen molar-refractivity contribution in [1.29, 1.82) is 0 Å². The maximum Gasteiger partial charge on any atom is 0.141 e. The number of aryl methyl sites for hydroxylation is 1. The first-order chi connectivity index (χ1) is 9.06. The number of hydrogen-bond donors (Lipinski definition) is 1. The van der Waals surface area contributed by atoms with Gasteiger partial charge in [0, 0.05) is 13.1 Å². The zero-order valence-electron chi connectivity index (χ0n) is 10.5. The normalized spacial score (nSPS) is 10.7. The van der Waals surface area contributed by atoms with E-state index in [1.165, 1.54) is 12.1 Å². The van der Waals surface area contributed by atoms with Gasteiger partial charge >= 0.3 is 0 Å². The largest absolute Gasteiger partial charge is 0.309 e. The van der Waals surface area contributed by atoms with Gasteiger partial charge in [0.1, 0.15) is 11.6 Å². The summed E-state index contributed by atoms with van der Waals surface area (Å²) in [7, 11) is 0. The predicted octanol–water partition coefficient (Wildman–Crippen LogP) is 4.22. The Labute approximate surface area is 116 Å². The summed E-state index contributed by atoms with van der Waals surface area (Å²) in [5, 5.41) is 3.28. The number of benzene rings is 2. The second kappa shape index (κ2) is 6.13. The first kappa shape index (κ1) is 14.0. The van der Waals surface area contributed by atoms with Crippen molar-refractivity contribution in [3.63, 3.8) is 0 Å². The van der Waals surface area contributed by atoms with Gasteiger partial charge in [-0.25, -0.2) is 8.78 Å². The molecule has 0 fully saturated rings. The average molecular weight is 282 g/mol. The topological polar surface area (TPSA) is 12.0 Å². The van der Waals surface area contributed by atoms with E-state index >= 15 is 0 Å². The third kappa shape index (κ3) is 3.75. The summed E-state index contributed by atoms with van der Waals surface area (Å²) in [6, 6.07) is 9.73. The molecular weight excluding hydrogens is 268 g/mol. The average Bonchev–Trinajstić information content (AvgIpc) is 2.38. The van der Waals surface area contributed by atoms with Crippen LogP contribution in [0.5, 0.6) is 0 Å². The highest BCUT2D eigenvalue weighted by Gasteiger charge is 2.02. The van der Waals surface area contributed by atoms with Crippen LogP contribution in [0.15, 0.2) is 36.4 Å². The van der Waals surface area contributed by atoms with Gasteiger partial charge in [0.2, 0.25) is 0 Å². The van der Waals surface area contributed by atoms with Crippen LogP contribution in [0.4, 0.5) is 8.78 Å². The van der Waals surface area contributed by atoms with Crippen molar-refractivity contribution in [3.8, 4) is 0 Å².